The van der Waals surface area contributed by atoms with Crippen LogP contribution in [0.3, 0.4) is 0 Å². The van der Waals surface area contributed by atoms with E-state index in [1.54, 1.807) is 19.9 Å². The highest BCUT2D eigenvalue weighted by molar-refractivity contribution is 7.88. The molecule has 7 nitrogen and oxygen atoms in total. The second-order valence-electron chi connectivity index (χ2n) is 5.47. The van der Waals surface area contributed by atoms with Gasteiger partial charge in [0.15, 0.2) is 0 Å². The maximum atomic E-state index is 12.3. The van der Waals surface area contributed by atoms with Crippen LogP contribution < -0.4 is 5.32 Å². The molecule has 0 aliphatic heterocycles. The van der Waals surface area contributed by atoms with Gasteiger partial charge in [0.2, 0.25) is 5.09 Å². The van der Waals surface area contributed by atoms with Crippen molar-refractivity contribution in [3.8, 4) is 0 Å². The number of carbonyl (C=O) groups excluding carboxylic acids is 1. The first-order valence-electron chi connectivity index (χ1n) is 7.03. The Morgan fingerprint density at radius 3 is 2.39 bits per heavy atom. The molecular weight excluding hydrogens is 320 g/mol. The number of hydrogen-bond donors (Lipinski definition) is 1. The predicted octanol–water partition coefficient (Wildman–Crippen LogP) is 2.23. The number of aryl methyl sites for hydroxylation is 2. The minimum absolute atomic E-state index is 0.181. The van der Waals surface area contributed by atoms with Gasteiger partial charge in [-0.25, -0.2) is 12.7 Å². The average molecular weight is 340 g/mol. The number of nitrogens with one attached hydrogen (secondary N) is 1. The van der Waals surface area contributed by atoms with E-state index in [1.165, 1.54) is 20.2 Å². The van der Waals surface area contributed by atoms with Gasteiger partial charge in [0, 0.05) is 20.2 Å². The van der Waals surface area contributed by atoms with Gasteiger partial charge in [-0.3, -0.25) is 4.79 Å². The highest BCUT2D eigenvalue weighted by Gasteiger charge is 2.26. The third-order valence-electron chi connectivity index (χ3n) is 3.41. The lowest BCUT2D eigenvalue weighted by atomic mass is 10.2. The molecule has 0 spiro atoms. The van der Waals surface area contributed by atoms with E-state index in [2.05, 4.69) is 5.32 Å². The second kappa shape index (κ2) is 6.21. The van der Waals surface area contributed by atoms with Crippen molar-refractivity contribution in [3.05, 3.63) is 41.0 Å². The zero-order chi connectivity index (χ0) is 17.4. The van der Waals surface area contributed by atoms with Crippen LogP contribution in [0.5, 0.6) is 0 Å². The largest absolute Gasteiger partial charge is 0.464 e. The molecule has 1 N–H and O–H groups in total. The number of carbonyl (C=O) groups is 1. The van der Waals surface area contributed by atoms with E-state index in [9.17, 15) is 13.2 Å². The fourth-order valence-electron chi connectivity index (χ4n) is 2.02. The number of amides is 1. The first-order chi connectivity index (χ1) is 10.6. The van der Waals surface area contributed by atoms with Gasteiger partial charge in [-0.1, -0.05) is 0 Å². The maximum absolute atomic E-state index is 12.3. The molecule has 0 unspecified atom stereocenters. The smallest absolute Gasteiger partial charge is 0.275 e. The van der Waals surface area contributed by atoms with Crippen LogP contribution in [0.4, 0.5) is 0 Å². The van der Waals surface area contributed by atoms with Gasteiger partial charge in [-0.15, -0.1) is 0 Å². The summed E-state index contributed by atoms with van der Waals surface area (Å²) in [6, 6.07) is 4.48. The number of nitrogens with zero attached hydrogens (tertiary/aromatic N) is 1. The Balaban J connectivity index is 2.22. The van der Waals surface area contributed by atoms with Crippen molar-refractivity contribution < 1.29 is 22.0 Å². The van der Waals surface area contributed by atoms with Crippen molar-refractivity contribution in [2.24, 2.45) is 0 Å². The molecule has 0 fully saturated rings. The maximum Gasteiger partial charge on any atom is 0.275 e. The molecule has 0 aliphatic rings. The van der Waals surface area contributed by atoms with E-state index in [-0.39, 0.29) is 22.5 Å². The van der Waals surface area contributed by atoms with Crippen molar-refractivity contribution in [3.63, 3.8) is 0 Å². The Morgan fingerprint density at radius 2 is 1.87 bits per heavy atom. The topological polar surface area (TPSA) is 92.8 Å². The zero-order valence-electron chi connectivity index (χ0n) is 13.7. The van der Waals surface area contributed by atoms with Crippen LogP contribution in [0.2, 0.25) is 0 Å². The van der Waals surface area contributed by atoms with E-state index in [1.807, 2.05) is 13.0 Å². The van der Waals surface area contributed by atoms with Gasteiger partial charge >= 0.3 is 0 Å². The normalized spacial score (nSPS) is 13.3. The molecule has 2 heterocycles. The molecule has 126 valence electrons. The third-order valence-corrected chi connectivity index (χ3v) is 5.08. The van der Waals surface area contributed by atoms with E-state index in [4.69, 9.17) is 8.83 Å². The molecular formula is C15H20N2O5S. The first kappa shape index (κ1) is 17.3. The zero-order valence-corrected chi connectivity index (χ0v) is 14.5. The van der Waals surface area contributed by atoms with Gasteiger partial charge in [0.1, 0.15) is 17.3 Å². The molecule has 0 saturated carbocycles. The minimum Gasteiger partial charge on any atom is -0.464 e. The van der Waals surface area contributed by atoms with E-state index in [0.717, 1.165) is 10.1 Å². The molecule has 0 saturated heterocycles. The van der Waals surface area contributed by atoms with Crippen molar-refractivity contribution in [1.29, 1.82) is 0 Å². The van der Waals surface area contributed by atoms with Gasteiger partial charge in [0.25, 0.3) is 15.9 Å². The first-order valence-corrected chi connectivity index (χ1v) is 8.47. The predicted molar refractivity (Wildman–Crippen MR) is 83.6 cm³/mol. The Kier molecular flexibility index (Phi) is 4.67. The summed E-state index contributed by atoms with van der Waals surface area (Å²) in [6.45, 7) is 5.14. The molecule has 0 aromatic carbocycles. The molecule has 23 heavy (non-hydrogen) atoms. The van der Waals surface area contributed by atoms with Crippen molar-refractivity contribution in [2.45, 2.75) is 31.9 Å². The molecule has 0 aliphatic carbocycles. The fraction of sp³-hybridized carbons (Fsp3) is 0.400. The highest BCUT2D eigenvalue weighted by Crippen LogP contribution is 2.22. The van der Waals surface area contributed by atoms with Crippen LogP contribution >= 0.6 is 0 Å². The molecule has 0 radical (unpaired) electrons. The lowest BCUT2D eigenvalue weighted by Crippen LogP contribution is -2.26. The van der Waals surface area contributed by atoms with Crippen LogP contribution in [0.15, 0.2) is 32.1 Å². The molecule has 8 heteroatoms. The Hall–Kier alpha value is -2.06. The summed E-state index contributed by atoms with van der Waals surface area (Å²) in [4.78, 5) is 12.3. The molecule has 2 aromatic rings. The second-order valence-corrected chi connectivity index (χ2v) is 7.55. The van der Waals surface area contributed by atoms with E-state index < -0.39 is 15.9 Å². The summed E-state index contributed by atoms with van der Waals surface area (Å²) in [7, 11) is -0.927. The SMILES string of the molecule is Cc1ccc([C@@H](C)NC(=O)c2cc(S(=O)(=O)N(C)C)oc2C)o1. The monoisotopic (exact) mass is 340 g/mol. The molecule has 2 rings (SSSR count). The molecule has 2 aromatic heterocycles. The fourth-order valence-corrected chi connectivity index (χ4v) is 2.88. The number of rotatable bonds is 5. The van der Waals surface area contributed by atoms with Gasteiger partial charge in [0.05, 0.1) is 11.6 Å². The summed E-state index contributed by atoms with van der Waals surface area (Å²) < 4.78 is 35.8. The lowest BCUT2D eigenvalue weighted by molar-refractivity contribution is 0.0933. The van der Waals surface area contributed by atoms with Crippen molar-refractivity contribution in [2.75, 3.05) is 14.1 Å². The quantitative estimate of drug-likeness (QED) is 0.901. The van der Waals surface area contributed by atoms with Crippen molar-refractivity contribution in [1.82, 2.24) is 9.62 Å². The summed E-state index contributed by atoms with van der Waals surface area (Å²) in [5, 5.41) is 2.50. The van der Waals surface area contributed by atoms with Crippen molar-refractivity contribution >= 4 is 15.9 Å². The molecule has 1 atom stereocenters. The standard InChI is InChI=1S/C15H20N2O5S/c1-9-6-7-13(21-9)10(2)16-15(18)12-8-14(22-11(12)3)23(19,20)17(4)5/h6-8,10H,1-5H3,(H,16,18)/t10-/m1/s1. The third kappa shape index (κ3) is 3.48. The number of hydrogen-bond acceptors (Lipinski definition) is 5. The van der Waals surface area contributed by atoms with Crippen LogP contribution in [0.1, 0.15) is 40.6 Å². The van der Waals surface area contributed by atoms with Gasteiger partial charge in [-0.2, -0.15) is 0 Å². The van der Waals surface area contributed by atoms with Crippen LogP contribution in [-0.2, 0) is 10.0 Å². The van der Waals surface area contributed by atoms with E-state index >= 15 is 0 Å². The van der Waals surface area contributed by atoms with Gasteiger partial charge < -0.3 is 14.2 Å². The Morgan fingerprint density at radius 1 is 1.22 bits per heavy atom. The number of furan rings is 2. The molecule has 0 bridgehead atoms. The number of sulfonamides is 1. The Labute approximate surface area is 135 Å². The van der Waals surface area contributed by atoms with Crippen LogP contribution in [-0.4, -0.2) is 32.7 Å². The van der Waals surface area contributed by atoms with Gasteiger partial charge in [-0.05, 0) is 32.9 Å². The van der Waals surface area contributed by atoms with Crippen LogP contribution in [0, 0.1) is 13.8 Å². The Bertz CT molecular complexity index is 817. The average Bonchev–Trinajstić information content (AvgIpc) is 3.05. The minimum atomic E-state index is -3.72. The summed E-state index contributed by atoms with van der Waals surface area (Å²) >= 11 is 0. The summed E-state index contributed by atoms with van der Waals surface area (Å²) in [5.74, 6) is 1.19. The highest BCUT2D eigenvalue weighted by atomic mass is 32.2. The van der Waals surface area contributed by atoms with Crippen LogP contribution in [0.25, 0.3) is 0 Å². The lowest BCUT2D eigenvalue weighted by Gasteiger charge is -2.10. The summed E-state index contributed by atoms with van der Waals surface area (Å²) in [6.07, 6.45) is 0. The molecule has 1 amide bonds. The van der Waals surface area contributed by atoms with E-state index in [0.29, 0.717) is 5.76 Å². The summed E-state index contributed by atoms with van der Waals surface area (Å²) in [5.41, 5.74) is 0.181.